The molecule has 0 bridgehead atoms. The predicted molar refractivity (Wildman–Crippen MR) is 55.7 cm³/mol. The number of rotatable bonds is 4. The van der Waals surface area contributed by atoms with Gasteiger partial charge in [0.2, 0.25) is 5.91 Å². The number of para-hydroxylation sites is 1. The van der Waals surface area contributed by atoms with Crippen LogP contribution in [0.1, 0.15) is 11.6 Å². The Bertz CT molecular complexity index is 366. The van der Waals surface area contributed by atoms with Crippen LogP contribution in [-0.4, -0.2) is 20.1 Å². The molecule has 1 aromatic carbocycles. The molecule has 4 N–H and O–H groups in total. The fraction of sp³-hybridized carbons (Fsp3) is 0.300. The molecule has 0 heterocycles. The predicted octanol–water partition coefficient (Wildman–Crippen LogP) is 0.189. The van der Waals surface area contributed by atoms with Crippen molar-refractivity contribution in [2.24, 2.45) is 11.5 Å². The van der Waals surface area contributed by atoms with E-state index in [1.54, 1.807) is 18.2 Å². The van der Waals surface area contributed by atoms with Gasteiger partial charge in [-0.3, -0.25) is 4.79 Å². The minimum Gasteiger partial charge on any atom is -0.493 e. The lowest BCUT2D eigenvalue weighted by molar-refractivity contribution is -0.119. The Morgan fingerprint density at radius 1 is 1.33 bits per heavy atom. The highest BCUT2D eigenvalue weighted by atomic mass is 16.5. The Balaban J connectivity index is 3.22. The highest BCUT2D eigenvalue weighted by Crippen LogP contribution is 2.33. The molecule has 0 aliphatic carbocycles. The van der Waals surface area contributed by atoms with E-state index in [0.717, 1.165) is 0 Å². The van der Waals surface area contributed by atoms with E-state index in [4.69, 9.17) is 20.9 Å². The number of carbonyl (C=O) groups excluding carboxylic acids is 1. The zero-order chi connectivity index (χ0) is 11.4. The summed E-state index contributed by atoms with van der Waals surface area (Å²) >= 11 is 0. The summed E-state index contributed by atoms with van der Waals surface area (Å²) in [7, 11) is 2.99. The number of carbonyl (C=O) groups is 1. The Morgan fingerprint density at radius 3 is 2.47 bits per heavy atom. The van der Waals surface area contributed by atoms with Crippen LogP contribution in [0, 0.1) is 0 Å². The number of hydrogen-bond donors (Lipinski definition) is 2. The second kappa shape index (κ2) is 4.65. The summed E-state index contributed by atoms with van der Waals surface area (Å²) < 4.78 is 10.2. The average Bonchev–Trinajstić information content (AvgIpc) is 2.26. The number of amides is 1. The Labute approximate surface area is 88.0 Å². The van der Waals surface area contributed by atoms with Gasteiger partial charge in [-0.1, -0.05) is 12.1 Å². The molecule has 0 unspecified atom stereocenters. The highest BCUT2D eigenvalue weighted by Gasteiger charge is 2.19. The van der Waals surface area contributed by atoms with Crippen molar-refractivity contribution in [1.82, 2.24) is 0 Å². The lowest BCUT2D eigenvalue weighted by Gasteiger charge is -2.15. The molecule has 5 nitrogen and oxygen atoms in total. The zero-order valence-electron chi connectivity index (χ0n) is 8.69. The van der Waals surface area contributed by atoms with Crippen molar-refractivity contribution >= 4 is 5.91 Å². The number of benzene rings is 1. The summed E-state index contributed by atoms with van der Waals surface area (Å²) in [5.74, 6) is 0.347. The maximum Gasteiger partial charge on any atom is 0.239 e. The van der Waals surface area contributed by atoms with Gasteiger partial charge in [0.15, 0.2) is 11.5 Å². The smallest absolute Gasteiger partial charge is 0.239 e. The fourth-order valence-corrected chi connectivity index (χ4v) is 1.31. The molecule has 1 aromatic rings. The topological polar surface area (TPSA) is 87.6 Å². The minimum absolute atomic E-state index is 0.436. The number of ether oxygens (including phenoxy) is 2. The molecular formula is C10H14N2O3. The van der Waals surface area contributed by atoms with Gasteiger partial charge in [0.25, 0.3) is 0 Å². The maximum absolute atomic E-state index is 11.0. The first-order valence-corrected chi connectivity index (χ1v) is 4.37. The SMILES string of the molecule is COc1cccc([C@H](N)C(N)=O)c1OC. The van der Waals surface area contributed by atoms with Crippen LogP contribution < -0.4 is 20.9 Å². The molecule has 0 saturated carbocycles. The summed E-state index contributed by atoms with van der Waals surface area (Å²) in [5, 5.41) is 0. The van der Waals surface area contributed by atoms with E-state index in [9.17, 15) is 4.79 Å². The molecule has 0 aromatic heterocycles. The zero-order valence-corrected chi connectivity index (χ0v) is 8.69. The highest BCUT2D eigenvalue weighted by molar-refractivity contribution is 5.82. The third-order valence-electron chi connectivity index (χ3n) is 2.07. The van der Waals surface area contributed by atoms with Crippen molar-refractivity contribution in [2.45, 2.75) is 6.04 Å². The molecule has 15 heavy (non-hydrogen) atoms. The van der Waals surface area contributed by atoms with Gasteiger partial charge >= 0.3 is 0 Å². The Kier molecular flexibility index (Phi) is 3.51. The third-order valence-corrected chi connectivity index (χ3v) is 2.07. The monoisotopic (exact) mass is 210 g/mol. The molecule has 0 aliphatic rings. The van der Waals surface area contributed by atoms with Crippen LogP contribution in [0.25, 0.3) is 0 Å². The summed E-state index contributed by atoms with van der Waals surface area (Å²) in [6.07, 6.45) is 0. The number of hydrogen-bond acceptors (Lipinski definition) is 4. The molecule has 1 rings (SSSR count). The first kappa shape index (κ1) is 11.3. The minimum atomic E-state index is -0.893. The van der Waals surface area contributed by atoms with Crippen LogP contribution in [0.3, 0.4) is 0 Å². The van der Waals surface area contributed by atoms with Crippen LogP contribution in [0.4, 0.5) is 0 Å². The van der Waals surface area contributed by atoms with E-state index >= 15 is 0 Å². The van der Waals surface area contributed by atoms with E-state index in [1.165, 1.54) is 14.2 Å². The fourth-order valence-electron chi connectivity index (χ4n) is 1.31. The van der Waals surface area contributed by atoms with Crippen LogP contribution in [0.15, 0.2) is 18.2 Å². The quantitative estimate of drug-likeness (QED) is 0.742. The van der Waals surface area contributed by atoms with Crippen molar-refractivity contribution in [2.75, 3.05) is 14.2 Å². The number of methoxy groups -OCH3 is 2. The van der Waals surface area contributed by atoms with Gasteiger partial charge < -0.3 is 20.9 Å². The van der Waals surface area contributed by atoms with E-state index in [2.05, 4.69) is 0 Å². The standard InChI is InChI=1S/C10H14N2O3/c1-14-7-5-3-4-6(9(7)15-2)8(11)10(12)13/h3-5,8H,11H2,1-2H3,(H2,12,13)/t8-/m0/s1. The third kappa shape index (κ3) is 2.19. The second-order valence-corrected chi connectivity index (χ2v) is 2.96. The van der Waals surface area contributed by atoms with Crippen LogP contribution in [0.2, 0.25) is 0 Å². The second-order valence-electron chi connectivity index (χ2n) is 2.96. The molecule has 0 spiro atoms. The summed E-state index contributed by atoms with van der Waals surface area (Å²) in [6, 6.07) is 4.22. The molecule has 0 aliphatic heterocycles. The number of primary amides is 1. The van der Waals surface area contributed by atoms with Gasteiger partial charge in [0, 0.05) is 5.56 Å². The average molecular weight is 210 g/mol. The first-order chi connectivity index (χ1) is 7.11. The largest absolute Gasteiger partial charge is 0.493 e. The number of nitrogens with two attached hydrogens (primary N) is 2. The molecule has 82 valence electrons. The molecule has 1 amide bonds. The molecule has 0 fully saturated rings. The van der Waals surface area contributed by atoms with Gasteiger partial charge in [-0.15, -0.1) is 0 Å². The molecule has 1 atom stereocenters. The van der Waals surface area contributed by atoms with E-state index in [1.807, 2.05) is 0 Å². The summed E-state index contributed by atoms with van der Waals surface area (Å²) in [5.41, 5.74) is 11.3. The Morgan fingerprint density at radius 2 is 2.00 bits per heavy atom. The van der Waals surface area contributed by atoms with Gasteiger partial charge in [-0.05, 0) is 6.07 Å². The van der Waals surface area contributed by atoms with E-state index in [0.29, 0.717) is 17.1 Å². The Hall–Kier alpha value is -1.75. The van der Waals surface area contributed by atoms with E-state index in [-0.39, 0.29) is 0 Å². The lowest BCUT2D eigenvalue weighted by atomic mass is 10.1. The van der Waals surface area contributed by atoms with Crippen molar-refractivity contribution in [3.8, 4) is 11.5 Å². The van der Waals surface area contributed by atoms with Crippen molar-refractivity contribution in [3.05, 3.63) is 23.8 Å². The van der Waals surface area contributed by atoms with Crippen LogP contribution in [-0.2, 0) is 4.79 Å². The summed E-state index contributed by atoms with van der Waals surface area (Å²) in [6.45, 7) is 0. The van der Waals surface area contributed by atoms with Crippen LogP contribution in [0.5, 0.6) is 11.5 Å². The van der Waals surface area contributed by atoms with Crippen molar-refractivity contribution in [1.29, 1.82) is 0 Å². The van der Waals surface area contributed by atoms with E-state index < -0.39 is 11.9 Å². The van der Waals surface area contributed by atoms with Crippen molar-refractivity contribution in [3.63, 3.8) is 0 Å². The van der Waals surface area contributed by atoms with Gasteiger partial charge in [0.05, 0.1) is 14.2 Å². The maximum atomic E-state index is 11.0. The van der Waals surface area contributed by atoms with Gasteiger partial charge in [-0.25, -0.2) is 0 Å². The van der Waals surface area contributed by atoms with Crippen LogP contribution >= 0.6 is 0 Å². The molecule has 5 heteroatoms. The lowest BCUT2D eigenvalue weighted by Crippen LogP contribution is -2.28. The molecule has 0 saturated heterocycles. The van der Waals surface area contributed by atoms with Gasteiger partial charge in [0.1, 0.15) is 6.04 Å². The molecule has 0 radical (unpaired) electrons. The normalized spacial score (nSPS) is 11.9. The van der Waals surface area contributed by atoms with Gasteiger partial charge in [-0.2, -0.15) is 0 Å². The molecular weight excluding hydrogens is 196 g/mol. The van der Waals surface area contributed by atoms with Crippen molar-refractivity contribution < 1.29 is 14.3 Å². The summed E-state index contributed by atoms with van der Waals surface area (Å²) in [4.78, 5) is 11.0. The first-order valence-electron chi connectivity index (χ1n) is 4.37.